The van der Waals surface area contributed by atoms with Gasteiger partial charge in [0.05, 0.1) is 0 Å². The summed E-state index contributed by atoms with van der Waals surface area (Å²) < 4.78 is 49.7. The molecule has 8 heteroatoms. The molecule has 0 aliphatic carbocycles. The van der Waals surface area contributed by atoms with Crippen LogP contribution in [0.15, 0.2) is 10.2 Å². The maximum atomic E-state index is 11.9. The lowest BCUT2D eigenvalue weighted by atomic mass is 10.3. The Bertz CT molecular complexity index is 267. The van der Waals surface area contributed by atoms with E-state index in [-0.39, 0.29) is 0 Å². The molecule has 0 saturated carbocycles. The molecule has 0 N–H and O–H groups in total. The summed E-state index contributed by atoms with van der Waals surface area (Å²) in [6.07, 6.45) is -6.56. The molecular formula is C7H11F3N2O3. The summed E-state index contributed by atoms with van der Waals surface area (Å²) in [5, 5.41) is 6.98. The predicted molar refractivity (Wildman–Crippen MR) is 41.8 cm³/mol. The highest BCUT2D eigenvalue weighted by molar-refractivity contribution is 4.73. The monoisotopic (exact) mass is 228 g/mol. The van der Waals surface area contributed by atoms with Crippen molar-refractivity contribution >= 4 is 0 Å². The summed E-state index contributed by atoms with van der Waals surface area (Å²) in [7, 11) is 1.12. The molecule has 0 amide bonds. The molecular weight excluding hydrogens is 217 g/mol. The molecule has 0 saturated heterocycles. The van der Waals surface area contributed by atoms with Crippen LogP contribution >= 0.6 is 0 Å². The fourth-order valence-corrected chi connectivity index (χ4v) is 0.911. The molecule has 0 radical (unpaired) electrons. The average molecular weight is 228 g/mol. The average Bonchev–Trinajstić information content (AvgIpc) is 2.39. The molecule has 0 aromatic heterocycles. The second-order valence-electron chi connectivity index (χ2n) is 3.38. The van der Waals surface area contributed by atoms with E-state index in [1.807, 2.05) is 0 Å². The van der Waals surface area contributed by atoms with Gasteiger partial charge < -0.3 is 4.74 Å². The minimum Gasteiger partial charge on any atom is -0.310 e. The molecule has 0 spiro atoms. The highest BCUT2D eigenvalue weighted by atomic mass is 19.4. The van der Waals surface area contributed by atoms with E-state index in [2.05, 4.69) is 19.7 Å². The normalized spacial score (nSPS) is 29.7. The molecule has 88 valence electrons. The first-order valence-corrected chi connectivity index (χ1v) is 4.08. The van der Waals surface area contributed by atoms with Crippen LogP contribution in [0.5, 0.6) is 0 Å². The van der Waals surface area contributed by atoms with Crippen LogP contribution in [0.3, 0.4) is 0 Å². The van der Waals surface area contributed by atoms with Crippen molar-refractivity contribution in [3.05, 3.63) is 0 Å². The number of methoxy groups -OCH3 is 1. The molecule has 0 fully saturated rings. The number of halogens is 3. The van der Waals surface area contributed by atoms with Crippen LogP contribution in [0.1, 0.15) is 13.8 Å². The molecule has 5 nitrogen and oxygen atoms in total. The smallest absolute Gasteiger partial charge is 0.310 e. The molecule has 0 aromatic carbocycles. The first-order chi connectivity index (χ1) is 6.68. The quantitative estimate of drug-likeness (QED) is 0.694. The van der Waals surface area contributed by atoms with Gasteiger partial charge in [-0.05, 0) is 13.8 Å². The van der Waals surface area contributed by atoms with Crippen LogP contribution < -0.4 is 0 Å². The van der Waals surface area contributed by atoms with Crippen LogP contribution in [0.25, 0.3) is 0 Å². The standard InChI is InChI=1S/C7H11F3N2O3/c1-5(2)11-12-7(13-3,15-5)14-4-6(8,9)10/h4H2,1-3H3. The van der Waals surface area contributed by atoms with Gasteiger partial charge in [0.2, 0.25) is 0 Å². The largest absolute Gasteiger partial charge is 0.415 e. The Hall–Kier alpha value is -0.730. The zero-order chi connectivity index (χ0) is 11.7. The Kier molecular flexibility index (Phi) is 3.04. The summed E-state index contributed by atoms with van der Waals surface area (Å²) >= 11 is 0. The Labute approximate surface area is 84.2 Å². The van der Waals surface area contributed by atoms with Crippen LogP contribution in [0.2, 0.25) is 0 Å². The lowest BCUT2D eigenvalue weighted by Crippen LogP contribution is -2.40. The lowest BCUT2D eigenvalue weighted by Gasteiger charge is -2.25. The third-order valence-corrected chi connectivity index (χ3v) is 1.47. The molecule has 1 aliphatic rings. The van der Waals surface area contributed by atoms with Crippen LogP contribution in [-0.2, 0) is 14.2 Å². The van der Waals surface area contributed by atoms with Gasteiger partial charge >= 0.3 is 12.3 Å². The third-order valence-electron chi connectivity index (χ3n) is 1.47. The Balaban J connectivity index is 2.62. The Morgan fingerprint density at radius 1 is 1.27 bits per heavy atom. The van der Waals surface area contributed by atoms with E-state index < -0.39 is 24.6 Å². The molecule has 1 rings (SSSR count). The van der Waals surface area contributed by atoms with Crippen molar-refractivity contribution < 1.29 is 27.4 Å². The Morgan fingerprint density at radius 3 is 2.20 bits per heavy atom. The zero-order valence-corrected chi connectivity index (χ0v) is 8.46. The number of alkyl halides is 3. The minimum absolute atomic E-state index is 1.05. The van der Waals surface area contributed by atoms with E-state index in [0.29, 0.717) is 0 Å². The summed E-state index contributed by atoms with van der Waals surface area (Å²) in [6.45, 7) is 1.53. The van der Waals surface area contributed by atoms with Crippen molar-refractivity contribution in [2.24, 2.45) is 10.2 Å². The summed E-state index contributed by atoms with van der Waals surface area (Å²) in [6, 6.07) is 0. The van der Waals surface area contributed by atoms with Crippen LogP contribution in [0, 0.1) is 0 Å². The maximum Gasteiger partial charge on any atom is 0.415 e. The topological polar surface area (TPSA) is 52.4 Å². The van der Waals surface area contributed by atoms with Gasteiger partial charge in [-0.2, -0.15) is 18.3 Å². The van der Waals surface area contributed by atoms with E-state index in [4.69, 9.17) is 4.74 Å². The second-order valence-corrected chi connectivity index (χ2v) is 3.38. The number of hydrogen-bond acceptors (Lipinski definition) is 5. The highest BCUT2D eigenvalue weighted by Crippen LogP contribution is 2.34. The van der Waals surface area contributed by atoms with Gasteiger partial charge in [0, 0.05) is 7.11 Å². The van der Waals surface area contributed by atoms with Gasteiger partial charge in [-0.1, -0.05) is 5.11 Å². The van der Waals surface area contributed by atoms with Crippen LogP contribution in [-0.4, -0.2) is 31.7 Å². The molecule has 1 unspecified atom stereocenters. The molecule has 0 bridgehead atoms. The van der Waals surface area contributed by atoms with Gasteiger partial charge in [-0.3, -0.25) is 9.47 Å². The van der Waals surface area contributed by atoms with Crippen molar-refractivity contribution in [1.29, 1.82) is 0 Å². The van der Waals surface area contributed by atoms with Crippen molar-refractivity contribution in [1.82, 2.24) is 0 Å². The summed E-state index contributed by atoms with van der Waals surface area (Å²) in [5.41, 5.74) is -1.05. The van der Waals surface area contributed by atoms with E-state index in [9.17, 15) is 13.2 Å². The number of azo groups is 1. The summed E-state index contributed by atoms with van der Waals surface area (Å²) in [5.74, 6) is 0. The van der Waals surface area contributed by atoms with Crippen LogP contribution in [0.4, 0.5) is 13.2 Å². The molecule has 1 heterocycles. The second kappa shape index (κ2) is 3.69. The third kappa shape index (κ3) is 3.40. The van der Waals surface area contributed by atoms with Gasteiger partial charge in [0.1, 0.15) is 0 Å². The van der Waals surface area contributed by atoms with Gasteiger partial charge in [0.25, 0.3) is 0 Å². The minimum atomic E-state index is -4.48. The van der Waals surface area contributed by atoms with Gasteiger partial charge in [-0.25, -0.2) is 0 Å². The predicted octanol–water partition coefficient (Wildman–Crippen LogP) is 2.04. The summed E-state index contributed by atoms with van der Waals surface area (Å²) in [4.78, 5) is 0. The number of ether oxygens (including phenoxy) is 3. The molecule has 15 heavy (non-hydrogen) atoms. The van der Waals surface area contributed by atoms with E-state index in [1.54, 1.807) is 0 Å². The van der Waals surface area contributed by atoms with E-state index in [1.165, 1.54) is 13.8 Å². The van der Waals surface area contributed by atoms with Crippen molar-refractivity contribution in [2.75, 3.05) is 13.7 Å². The highest BCUT2D eigenvalue weighted by Gasteiger charge is 2.47. The van der Waals surface area contributed by atoms with Gasteiger partial charge in [0.15, 0.2) is 12.3 Å². The first kappa shape index (κ1) is 12.3. The maximum absolute atomic E-state index is 11.9. The van der Waals surface area contributed by atoms with Crippen molar-refractivity contribution in [3.8, 4) is 0 Å². The number of rotatable bonds is 3. The van der Waals surface area contributed by atoms with Crippen molar-refractivity contribution in [3.63, 3.8) is 0 Å². The Morgan fingerprint density at radius 2 is 1.87 bits per heavy atom. The first-order valence-electron chi connectivity index (χ1n) is 4.08. The zero-order valence-electron chi connectivity index (χ0n) is 8.46. The molecule has 1 aliphatic heterocycles. The molecule has 1 atom stereocenters. The lowest BCUT2D eigenvalue weighted by molar-refractivity contribution is -0.393. The fraction of sp³-hybridized carbons (Fsp3) is 1.00. The number of hydrogen-bond donors (Lipinski definition) is 0. The molecule has 0 aromatic rings. The van der Waals surface area contributed by atoms with Crippen molar-refractivity contribution in [2.45, 2.75) is 31.8 Å². The van der Waals surface area contributed by atoms with E-state index >= 15 is 0 Å². The van der Waals surface area contributed by atoms with Gasteiger partial charge in [-0.15, -0.1) is 0 Å². The number of nitrogens with zero attached hydrogens (tertiary/aromatic N) is 2. The fourth-order valence-electron chi connectivity index (χ4n) is 0.911. The SMILES string of the molecule is COC1(OCC(F)(F)F)N=NC(C)(C)O1. The van der Waals surface area contributed by atoms with E-state index in [0.717, 1.165) is 7.11 Å².